The number of nitrogens with one attached hydrogen (secondary N) is 1. The standard InChI is InChI=1S/C19H18Cl2N4O3S/c20-13-5-6-16-14(11-13)19(26)23-18(22-16)12-24-7-9-25(10-8-24)29(27,28)17-4-2-1-3-15(17)21/h1-6,11H,7-10,12H2,(H,22,23,26). The Kier molecular flexibility index (Phi) is 5.63. The van der Waals surface area contributed by atoms with Crippen molar-refractivity contribution >= 4 is 44.1 Å². The van der Waals surface area contributed by atoms with Crippen molar-refractivity contribution in [3.05, 3.63) is 68.7 Å². The normalized spacial score (nSPS) is 16.3. The van der Waals surface area contributed by atoms with Crippen molar-refractivity contribution in [1.82, 2.24) is 19.2 Å². The van der Waals surface area contributed by atoms with Gasteiger partial charge >= 0.3 is 0 Å². The third kappa shape index (κ3) is 4.17. The molecule has 0 atom stereocenters. The topological polar surface area (TPSA) is 86.4 Å². The van der Waals surface area contributed by atoms with Gasteiger partial charge in [0.25, 0.3) is 5.56 Å². The Bertz CT molecular complexity index is 1220. The molecule has 1 aliphatic heterocycles. The number of nitrogens with zero attached hydrogens (tertiary/aromatic N) is 3. The van der Waals surface area contributed by atoms with E-state index in [4.69, 9.17) is 23.2 Å². The van der Waals surface area contributed by atoms with Crippen LogP contribution in [0, 0.1) is 0 Å². The molecule has 0 saturated carbocycles. The number of hydrogen-bond acceptors (Lipinski definition) is 5. The number of sulfonamides is 1. The molecule has 0 bridgehead atoms. The molecule has 152 valence electrons. The summed E-state index contributed by atoms with van der Waals surface area (Å²) in [6.45, 7) is 2.13. The molecule has 1 aliphatic rings. The van der Waals surface area contributed by atoms with Crippen LogP contribution < -0.4 is 5.56 Å². The van der Waals surface area contributed by atoms with Gasteiger partial charge in [0.1, 0.15) is 10.7 Å². The Morgan fingerprint density at radius 2 is 1.76 bits per heavy atom. The summed E-state index contributed by atoms with van der Waals surface area (Å²) in [7, 11) is -3.64. The zero-order valence-corrected chi connectivity index (χ0v) is 17.6. The predicted molar refractivity (Wildman–Crippen MR) is 113 cm³/mol. The Balaban J connectivity index is 1.47. The molecule has 4 rings (SSSR count). The van der Waals surface area contributed by atoms with E-state index in [0.29, 0.717) is 54.5 Å². The molecule has 1 fully saturated rings. The second-order valence-electron chi connectivity index (χ2n) is 6.78. The van der Waals surface area contributed by atoms with Gasteiger partial charge < -0.3 is 4.98 Å². The molecule has 0 aliphatic carbocycles. The van der Waals surface area contributed by atoms with Crippen LogP contribution in [0.2, 0.25) is 10.0 Å². The predicted octanol–water partition coefficient (Wildman–Crippen LogP) is 2.74. The fraction of sp³-hybridized carbons (Fsp3) is 0.263. The van der Waals surface area contributed by atoms with Crippen LogP contribution in [0.5, 0.6) is 0 Å². The van der Waals surface area contributed by atoms with Crippen molar-refractivity contribution in [2.45, 2.75) is 11.4 Å². The third-order valence-electron chi connectivity index (χ3n) is 4.88. The van der Waals surface area contributed by atoms with Crippen LogP contribution in [0.1, 0.15) is 5.82 Å². The molecular formula is C19H18Cl2N4O3S. The van der Waals surface area contributed by atoms with Crippen molar-refractivity contribution in [3.63, 3.8) is 0 Å². The Labute approximate surface area is 177 Å². The van der Waals surface area contributed by atoms with Crippen LogP contribution in [0.4, 0.5) is 0 Å². The molecule has 0 amide bonds. The SMILES string of the molecule is O=c1[nH]c(CN2CCN(S(=O)(=O)c3ccccc3Cl)CC2)nc2ccc(Cl)cc12. The van der Waals surface area contributed by atoms with Crippen LogP contribution in [-0.4, -0.2) is 53.8 Å². The number of aromatic amines is 1. The highest BCUT2D eigenvalue weighted by molar-refractivity contribution is 7.89. The minimum absolute atomic E-state index is 0.120. The molecule has 1 saturated heterocycles. The maximum atomic E-state index is 12.8. The quantitative estimate of drug-likeness (QED) is 0.657. The van der Waals surface area contributed by atoms with Gasteiger partial charge in [-0.15, -0.1) is 0 Å². The van der Waals surface area contributed by atoms with Gasteiger partial charge in [0.2, 0.25) is 10.0 Å². The first-order valence-corrected chi connectivity index (χ1v) is 11.2. The molecule has 29 heavy (non-hydrogen) atoms. The van der Waals surface area contributed by atoms with Gasteiger partial charge in [0.05, 0.1) is 22.5 Å². The first kappa shape index (κ1) is 20.3. The average Bonchev–Trinajstić information content (AvgIpc) is 2.69. The van der Waals surface area contributed by atoms with Crippen molar-refractivity contribution in [2.24, 2.45) is 0 Å². The fourth-order valence-electron chi connectivity index (χ4n) is 3.37. The van der Waals surface area contributed by atoms with Gasteiger partial charge in [-0.1, -0.05) is 35.3 Å². The van der Waals surface area contributed by atoms with E-state index in [9.17, 15) is 13.2 Å². The molecule has 1 N–H and O–H groups in total. The van der Waals surface area contributed by atoms with Crippen molar-refractivity contribution in [2.75, 3.05) is 26.2 Å². The Hall–Kier alpha value is -1.97. The molecule has 0 unspecified atom stereocenters. The van der Waals surface area contributed by atoms with Crippen molar-refractivity contribution < 1.29 is 8.42 Å². The number of piperazine rings is 1. The summed E-state index contributed by atoms with van der Waals surface area (Å²) in [5.41, 5.74) is 0.334. The largest absolute Gasteiger partial charge is 0.309 e. The van der Waals surface area contributed by atoms with Crippen LogP contribution in [0.3, 0.4) is 0 Å². The minimum atomic E-state index is -3.64. The summed E-state index contributed by atoms with van der Waals surface area (Å²) in [6.07, 6.45) is 0. The number of H-pyrrole nitrogens is 1. The van der Waals surface area contributed by atoms with Gasteiger partial charge in [-0.3, -0.25) is 9.69 Å². The van der Waals surface area contributed by atoms with Gasteiger partial charge in [0.15, 0.2) is 0 Å². The van der Waals surface area contributed by atoms with Crippen molar-refractivity contribution in [1.29, 1.82) is 0 Å². The molecule has 10 heteroatoms. The summed E-state index contributed by atoms with van der Waals surface area (Å²) >= 11 is 12.0. The lowest BCUT2D eigenvalue weighted by Gasteiger charge is -2.33. The fourth-order valence-corrected chi connectivity index (χ4v) is 5.45. The highest BCUT2D eigenvalue weighted by atomic mass is 35.5. The number of benzene rings is 2. The molecule has 2 heterocycles. The molecule has 0 radical (unpaired) electrons. The van der Waals surface area contributed by atoms with Gasteiger partial charge in [0, 0.05) is 31.2 Å². The molecule has 7 nitrogen and oxygen atoms in total. The average molecular weight is 453 g/mol. The summed E-state index contributed by atoms with van der Waals surface area (Å²) < 4.78 is 27.1. The minimum Gasteiger partial charge on any atom is -0.309 e. The maximum absolute atomic E-state index is 12.8. The Morgan fingerprint density at radius 1 is 1.03 bits per heavy atom. The second kappa shape index (κ2) is 8.04. The smallest absolute Gasteiger partial charge is 0.258 e. The lowest BCUT2D eigenvalue weighted by atomic mass is 10.2. The first-order valence-electron chi connectivity index (χ1n) is 9.00. The highest BCUT2D eigenvalue weighted by Gasteiger charge is 2.30. The number of hydrogen-bond donors (Lipinski definition) is 1. The second-order valence-corrected chi connectivity index (χ2v) is 9.53. The van der Waals surface area contributed by atoms with E-state index >= 15 is 0 Å². The molecule has 3 aromatic rings. The van der Waals surface area contributed by atoms with E-state index < -0.39 is 10.0 Å². The summed E-state index contributed by atoms with van der Waals surface area (Å²) in [4.78, 5) is 21.7. The summed E-state index contributed by atoms with van der Waals surface area (Å²) in [5, 5.41) is 1.14. The lowest BCUT2D eigenvalue weighted by Crippen LogP contribution is -2.48. The van der Waals surface area contributed by atoms with E-state index in [2.05, 4.69) is 14.9 Å². The number of halogens is 2. The maximum Gasteiger partial charge on any atom is 0.258 e. The van der Waals surface area contributed by atoms with E-state index in [1.807, 2.05) is 0 Å². The zero-order chi connectivity index (χ0) is 20.6. The number of aromatic nitrogens is 2. The third-order valence-corrected chi connectivity index (χ3v) is 7.51. The van der Waals surface area contributed by atoms with Crippen LogP contribution in [-0.2, 0) is 16.6 Å². The molecule has 2 aromatic carbocycles. The molecule has 1 aromatic heterocycles. The monoisotopic (exact) mass is 452 g/mol. The van der Waals surface area contributed by atoms with E-state index in [1.165, 1.54) is 10.4 Å². The van der Waals surface area contributed by atoms with Crippen LogP contribution >= 0.6 is 23.2 Å². The van der Waals surface area contributed by atoms with Gasteiger partial charge in [-0.25, -0.2) is 13.4 Å². The molecular weight excluding hydrogens is 435 g/mol. The van der Waals surface area contributed by atoms with Crippen molar-refractivity contribution in [3.8, 4) is 0 Å². The molecule has 0 spiro atoms. The summed E-state index contributed by atoms with van der Waals surface area (Å²) in [6, 6.07) is 11.4. The first-order chi connectivity index (χ1) is 13.8. The Morgan fingerprint density at radius 3 is 2.48 bits per heavy atom. The lowest BCUT2D eigenvalue weighted by molar-refractivity contribution is 0.178. The summed E-state index contributed by atoms with van der Waals surface area (Å²) in [5.74, 6) is 0.534. The van der Waals surface area contributed by atoms with E-state index in [-0.39, 0.29) is 15.5 Å². The van der Waals surface area contributed by atoms with Crippen LogP contribution in [0.25, 0.3) is 10.9 Å². The van der Waals surface area contributed by atoms with Crippen LogP contribution in [0.15, 0.2) is 52.2 Å². The zero-order valence-electron chi connectivity index (χ0n) is 15.3. The number of fused-ring (bicyclic) bond motifs is 1. The van der Waals surface area contributed by atoms with E-state index in [1.54, 1.807) is 36.4 Å². The van der Waals surface area contributed by atoms with Gasteiger partial charge in [-0.05, 0) is 30.3 Å². The van der Waals surface area contributed by atoms with E-state index in [0.717, 1.165) is 0 Å². The van der Waals surface area contributed by atoms with Gasteiger partial charge in [-0.2, -0.15) is 4.31 Å². The highest BCUT2D eigenvalue weighted by Crippen LogP contribution is 2.25. The number of rotatable bonds is 4.